The Balaban J connectivity index is 2.40. The Hall–Kier alpha value is -1.65. The molecule has 0 saturated heterocycles. The summed E-state index contributed by atoms with van der Waals surface area (Å²) in [6.07, 6.45) is 10.2. The van der Waals surface area contributed by atoms with Crippen molar-refractivity contribution in [1.29, 1.82) is 0 Å². The van der Waals surface area contributed by atoms with Gasteiger partial charge in [-0.3, -0.25) is 0 Å². The normalized spacial score (nSPS) is 18.8. The van der Waals surface area contributed by atoms with E-state index in [2.05, 4.69) is 34.5 Å². The van der Waals surface area contributed by atoms with E-state index in [1.807, 2.05) is 18.2 Å². The van der Waals surface area contributed by atoms with Crippen molar-refractivity contribution in [2.75, 3.05) is 5.43 Å². The van der Waals surface area contributed by atoms with E-state index in [0.717, 1.165) is 11.3 Å². The number of nitrogens with one attached hydrogen (secondary N) is 1. The van der Waals surface area contributed by atoms with Gasteiger partial charge in [0.25, 0.3) is 0 Å². The summed E-state index contributed by atoms with van der Waals surface area (Å²) >= 11 is 5.83. The molecule has 0 bridgehead atoms. The number of nitrogens with two attached hydrogens (primary N) is 1. The molecular formula is C12H13ClN4. The molecule has 0 amide bonds. The monoisotopic (exact) mass is 248 g/mol. The predicted molar refractivity (Wildman–Crippen MR) is 70.3 cm³/mol. The first-order valence-electron chi connectivity index (χ1n) is 5.27. The van der Waals surface area contributed by atoms with Crippen LogP contribution < -0.4 is 11.3 Å². The Labute approximate surface area is 105 Å². The molecule has 0 radical (unpaired) electrons. The molecule has 1 unspecified atom stereocenters. The van der Waals surface area contributed by atoms with Gasteiger partial charge in [-0.2, -0.15) is 4.98 Å². The molecule has 17 heavy (non-hydrogen) atoms. The van der Waals surface area contributed by atoms with E-state index >= 15 is 0 Å². The number of hydrazine groups is 1. The summed E-state index contributed by atoms with van der Waals surface area (Å²) in [4.78, 5) is 8.11. The third-order valence-corrected chi connectivity index (χ3v) is 2.58. The van der Waals surface area contributed by atoms with Crippen LogP contribution in [0.15, 0.2) is 36.4 Å². The van der Waals surface area contributed by atoms with Crippen LogP contribution in [0, 0.1) is 5.92 Å². The second-order valence-corrected chi connectivity index (χ2v) is 4.11. The molecule has 4 nitrogen and oxygen atoms in total. The molecule has 1 aliphatic carbocycles. The first kappa shape index (κ1) is 11.8. The second kappa shape index (κ2) is 5.12. The van der Waals surface area contributed by atoms with E-state index in [0.29, 0.717) is 11.7 Å². The van der Waals surface area contributed by atoms with Crippen LogP contribution >= 0.6 is 11.6 Å². The number of nitrogen functional groups attached to an aromatic ring is 1. The topological polar surface area (TPSA) is 63.8 Å². The molecule has 0 aromatic carbocycles. The molecule has 0 fully saturated rings. The van der Waals surface area contributed by atoms with Crippen molar-refractivity contribution in [2.24, 2.45) is 11.8 Å². The van der Waals surface area contributed by atoms with Crippen LogP contribution in [0.2, 0.25) is 5.28 Å². The van der Waals surface area contributed by atoms with Crippen molar-refractivity contribution in [2.45, 2.75) is 6.92 Å². The zero-order chi connectivity index (χ0) is 12.3. The molecule has 0 aliphatic heterocycles. The minimum absolute atomic E-state index is 0.172. The number of rotatable bonds is 2. The minimum Gasteiger partial charge on any atom is -0.308 e. The summed E-state index contributed by atoms with van der Waals surface area (Å²) in [6, 6.07) is 1.76. The molecule has 1 aliphatic rings. The van der Waals surface area contributed by atoms with Crippen molar-refractivity contribution in [3.05, 3.63) is 47.4 Å². The summed E-state index contributed by atoms with van der Waals surface area (Å²) in [5.74, 6) is 6.23. The maximum Gasteiger partial charge on any atom is 0.224 e. The number of nitrogens with zero attached hydrogens (tertiary/aromatic N) is 2. The molecule has 1 aromatic rings. The minimum atomic E-state index is 0.172. The van der Waals surface area contributed by atoms with Crippen molar-refractivity contribution >= 4 is 23.0 Å². The first-order chi connectivity index (χ1) is 8.19. The zero-order valence-electron chi connectivity index (χ0n) is 9.39. The van der Waals surface area contributed by atoms with E-state index in [-0.39, 0.29) is 5.28 Å². The predicted octanol–water partition coefficient (Wildman–Crippen LogP) is 2.56. The molecule has 2 rings (SSSR count). The summed E-state index contributed by atoms with van der Waals surface area (Å²) < 4.78 is 0. The van der Waals surface area contributed by atoms with Gasteiger partial charge in [0, 0.05) is 11.6 Å². The van der Waals surface area contributed by atoms with Gasteiger partial charge < -0.3 is 5.43 Å². The lowest BCUT2D eigenvalue weighted by atomic mass is 10.1. The van der Waals surface area contributed by atoms with Crippen LogP contribution in [0.3, 0.4) is 0 Å². The van der Waals surface area contributed by atoms with Crippen LogP contribution in [0.4, 0.5) is 5.82 Å². The average Bonchev–Trinajstić information content (AvgIpc) is 2.53. The van der Waals surface area contributed by atoms with Crippen molar-refractivity contribution in [3.8, 4) is 0 Å². The molecular weight excluding hydrogens is 236 g/mol. The molecule has 5 heteroatoms. The molecule has 0 spiro atoms. The van der Waals surface area contributed by atoms with Gasteiger partial charge in [-0.05, 0) is 17.5 Å². The summed E-state index contributed by atoms with van der Waals surface area (Å²) in [6.45, 7) is 2.11. The maximum absolute atomic E-state index is 5.83. The largest absolute Gasteiger partial charge is 0.308 e. The molecule has 1 aromatic heterocycles. The number of hydrogen-bond donors (Lipinski definition) is 2. The molecule has 3 N–H and O–H groups in total. The van der Waals surface area contributed by atoms with Gasteiger partial charge in [0.2, 0.25) is 5.28 Å². The van der Waals surface area contributed by atoms with Crippen molar-refractivity contribution in [1.82, 2.24) is 9.97 Å². The Morgan fingerprint density at radius 1 is 1.35 bits per heavy atom. The fraction of sp³-hybridized carbons (Fsp3) is 0.167. The van der Waals surface area contributed by atoms with E-state index in [1.54, 1.807) is 6.07 Å². The van der Waals surface area contributed by atoms with Crippen molar-refractivity contribution < 1.29 is 0 Å². The van der Waals surface area contributed by atoms with E-state index < -0.39 is 0 Å². The maximum atomic E-state index is 5.83. The van der Waals surface area contributed by atoms with Crippen LogP contribution in [-0.2, 0) is 0 Å². The van der Waals surface area contributed by atoms with Crippen molar-refractivity contribution in [3.63, 3.8) is 0 Å². The zero-order valence-corrected chi connectivity index (χ0v) is 10.1. The van der Waals surface area contributed by atoms with Gasteiger partial charge in [-0.1, -0.05) is 37.3 Å². The Morgan fingerprint density at radius 3 is 2.94 bits per heavy atom. The number of anilines is 1. The SMILES string of the molecule is CC1C=CC=C(c2cc(NN)nc(Cl)n2)C=C1. The summed E-state index contributed by atoms with van der Waals surface area (Å²) in [5, 5.41) is 0.172. The Bertz CT molecular complexity index is 505. The number of hydrogen-bond acceptors (Lipinski definition) is 4. The fourth-order valence-corrected chi connectivity index (χ4v) is 1.70. The lowest BCUT2D eigenvalue weighted by molar-refractivity contribution is 0.943. The highest BCUT2D eigenvalue weighted by atomic mass is 35.5. The van der Waals surface area contributed by atoms with E-state index in [4.69, 9.17) is 17.4 Å². The number of allylic oxidation sites excluding steroid dienone is 6. The smallest absolute Gasteiger partial charge is 0.224 e. The lowest BCUT2D eigenvalue weighted by Gasteiger charge is -2.04. The molecule has 1 atom stereocenters. The third kappa shape index (κ3) is 2.93. The average molecular weight is 249 g/mol. The summed E-state index contributed by atoms with van der Waals surface area (Å²) in [7, 11) is 0. The van der Waals surface area contributed by atoms with Gasteiger partial charge in [0.05, 0.1) is 5.69 Å². The molecule has 0 saturated carbocycles. The van der Waals surface area contributed by atoms with Gasteiger partial charge in [0.15, 0.2) is 0 Å². The van der Waals surface area contributed by atoms with Crippen LogP contribution in [-0.4, -0.2) is 9.97 Å². The molecule has 88 valence electrons. The van der Waals surface area contributed by atoms with Gasteiger partial charge in [0.1, 0.15) is 5.82 Å². The lowest BCUT2D eigenvalue weighted by Crippen LogP contribution is -2.09. The Morgan fingerprint density at radius 2 is 2.18 bits per heavy atom. The highest BCUT2D eigenvalue weighted by molar-refractivity contribution is 6.28. The highest BCUT2D eigenvalue weighted by Crippen LogP contribution is 2.21. The van der Waals surface area contributed by atoms with Crippen LogP contribution in [0.25, 0.3) is 5.57 Å². The number of aromatic nitrogens is 2. The van der Waals surface area contributed by atoms with E-state index in [9.17, 15) is 0 Å². The number of halogens is 1. The standard InChI is InChI=1S/C12H13ClN4/c1-8-3-2-4-9(6-5-8)10-7-11(17-14)16-12(13)15-10/h2-8H,14H2,1H3,(H,15,16,17). The van der Waals surface area contributed by atoms with Crippen LogP contribution in [0.5, 0.6) is 0 Å². The highest BCUT2D eigenvalue weighted by Gasteiger charge is 2.06. The first-order valence-corrected chi connectivity index (χ1v) is 5.65. The fourth-order valence-electron chi connectivity index (χ4n) is 1.52. The van der Waals surface area contributed by atoms with Crippen LogP contribution in [0.1, 0.15) is 12.6 Å². The quantitative estimate of drug-likeness (QED) is 0.480. The summed E-state index contributed by atoms with van der Waals surface area (Å²) in [5.41, 5.74) is 4.19. The van der Waals surface area contributed by atoms with E-state index in [1.165, 1.54) is 0 Å². The van der Waals surface area contributed by atoms with Gasteiger partial charge in [-0.25, -0.2) is 10.8 Å². The molecule has 1 heterocycles. The van der Waals surface area contributed by atoms with Gasteiger partial charge >= 0.3 is 0 Å². The van der Waals surface area contributed by atoms with Gasteiger partial charge in [-0.15, -0.1) is 0 Å². The second-order valence-electron chi connectivity index (χ2n) is 3.78. The third-order valence-electron chi connectivity index (χ3n) is 2.41. The Kier molecular flexibility index (Phi) is 3.56.